The number of carbonyl (C=O) groups is 1. The first-order chi connectivity index (χ1) is 10.8. The zero-order valence-corrected chi connectivity index (χ0v) is 13.2. The molecule has 0 saturated carbocycles. The Kier molecular flexibility index (Phi) is 4.18. The number of amides is 1. The molecule has 0 aromatic carbocycles. The highest BCUT2D eigenvalue weighted by atomic mass is 32.2. The smallest absolute Gasteiger partial charge is 0.351 e. The van der Waals surface area contributed by atoms with E-state index < -0.39 is 11.9 Å². The SMILES string of the molecule is Cc1c(C2=CCC(C(=O)N3CC[C@H](N)C3)S2)noc1C(F)(F)F. The van der Waals surface area contributed by atoms with E-state index in [4.69, 9.17) is 5.73 Å². The summed E-state index contributed by atoms with van der Waals surface area (Å²) < 4.78 is 42.7. The summed E-state index contributed by atoms with van der Waals surface area (Å²) in [6, 6.07) is 0.00455. The van der Waals surface area contributed by atoms with Gasteiger partial charge in [0.15, 0.2) is 0 Å². The molecule has 2 atom stereocenters. The van der Waals surface area contributed by atoms with Crippen molar-refractivity contribution in [3.63, 3.8) is 0 Å². The van der Waals surface area contributed by atoms with Gasteiger partial charge >= 0.3 is 6.18 Å². The number of hydrogen-bond acceptors (Lipinski definition) is 5. The van der Waals surface area contributed by atoms with Crippen LogP contribution >= 0.6 is 11.8 Å². The fourth-order valence-corrected chi connectivity index (χ4v) is 4.03. The maximum atomic E-state index is 12.8. The van der Waals surface area contributed by atoms with E-state index in [1.54, 1.807) is 11.0 Å². The Bertz CT molecular complexity index is 656. The van der Waals surface area contributed by atoms with Gasteiger partial charge in [0.05, 0.1) is 5.25 Å². The molecular weight excluding hydrogens is 331 g/mol. The predicted octanol–water partition coefficient (Wildman–Crippen LogP) is 2.41. The lowest BCUT2D eigenvalue weighted by Gasteiger charge is -2.19. The summed E-state index contributed by atoms with van der Waals surface area (Å²) >= 11 is 1.24. The molecule has 0 aliphatic carbocycles. The lowest BCUT2D eigenvalue weighted by Crippen LogP contribution is -2.37. The van der Waals surface area contributed by atoms with Crippen molar-refractivity contribution in [3.8, 4) is 0 Å². The summed E-state index contributed by atoms with van der Waals surface area (Å²) in [5, 5.41) is 3.21. The minimum atomic E-state index is -4.57. The summed E-state index contributed by atoms with van der Waals surface area (Å²) in [6.07, 6.45) is -1.58. The van der Waals surface area contributed by atoms with Crippen molar-refractivity contribution in [1.29, 1.82) is 0 Å². The predicted molar refractivity (Wildman–Crippen MR) is 79.4 cm³/mol. The van der Waals surface area contributed by atoms with Gasteiger partial charge in [-0.05, 0) is 19.8 Å². The van der Waals surface area contributed by atoms with E-state index in [0.29, 0.717) is 24.4 Å². The molecule has 0 bridgehead atoms. The molecule has 1 saturated heterocycles. The first kappa shape index (κ1) is 16.4. The van der Waals surface area contributed by atoms with Gasteiger partial charge in [0.2, 0.25) is 11.7 Å². The third-order valence-corrected chi connectivity index (χ3v) is 5.31. The maximum Gasteiger partial charge on any atom is 0.452 e. The first-order valence-corrected chi connectivity index (χ1v) is 8.10. The van der Waals surface area contributed by atoms with E-state index in [0.717, 1.165) is 6.42 Å². The topological polar surface area (TPSA) is 72.4 Å². The summed E-state index contributed by atoms with van der Waals surface area (Å²) in [6.45, 7) is 2.49. The second-order valence-electron chi connectivity index (χ2n) is 5.73. The van der Waals surface area contributed by atoms with Crippen molar-refractivity contribution >= 4 is 22.6 Å². The second kappa shape index (κ2) is 5.86. The molecule has 1 aromatic rings. The van der Waals surface area contributed by atoms with Gasteiger partial charge in [-0.3, -0.25) is 4.79 Å². The Hall–Kier alpha value is -1.48. The fourth-order valence-electron chi connectivity index (χ4n) is 2.79. The molecule has 5 nitrogen and oxygen atoms in total. The van der Waals surface area contributed by atoms with Gasteiger partial charge in [-0.2, -0.15) is 13.2 Å². The van der Waals surface area contributed by atoms with Gasteiger partial charge < -0.3 is 15.2 Å². The Balaban J connectivity index is 1.70. The van der Waals surface area contributed by atoms with Gasteiger partial charge in [0, 0.05) is 29.6 Å². The number of nitrogens with zero attached hydrogens (tertiary/aromatic N) is 2. The van der Waals surface area contributed by atoms with Crippen LogP contribution in [0.15, 0.2) is 10.6 Å². The Labute approximate surface area is 135 Å². The van der Waals surface area contributed by atoms with E-state index in [1.807, 2.05) is 0 Å². The van der Waals surface area contributed by atoms with Crippen molar-refractivity contribution in [2.24, 2.45) is 5.73 Å². The molecular formula is C14H16F3N3O2S. The van der Waals surface area contributed by atoms with Gasteiger partial charge in [0.25, 0.3) is 0 Å². The minimum absolute atomic E-state index is 0.00455. The van der Waals surface area contributed by atoms with Crippen LogP contribution in [0.3, 0.4) is 0 Å². The summed E-state index contributed by atoms with van der Waals surface area (Å²) in [7, 11) is 0. The Morgan fingerprint density at radius 2 is 2.26 bits per heavy atom. The van der Waals surface area contributed by atoms with Crippen LogP contribution in [0.25, 0.3) is 4.91 Å². The van der Waals surface area contributed by atoms with Gasteiger partial charge in [-0.25, -0.2) is 0 Å². The summed E-state index contributed by atoms with van der Waals surface area (Å²) in [5.41, 5.74) is 5.91. The number of halogens is 3. The number of nitrogens with two attached hydrogens (primary N) is 1. The number of allylic oxidation sites excluding steroid dienone is 1. The summed E-state index contributed by atoms with van der Waals surface area (Å²) in [4.78, 5) is 14.7. The lowest BCUT2D eigenvalue weighted by molar-refractivity contribution is -0.156. The largest absolute Gasteiger partial charge is 0.452 e. The molecule has 23 heavy (non-hydrogen) atoms. The molecule has 0 spiro atoms. The molecule has 1 amide bonds. The van der Waals surface area contributed by atoms with Crippen LogP contribution in [-0.4, -0.2) is 40.3 Å². The van der Waals surface area contributed by atoms with Crippen LogP contribution in [-0.2, 0) is 11.0 Å². The zero-order chi connectivity index (χ0) is 16.8. The van der Waals surface area contributed by atoms with E-state index in [1.165, 1.54) is 18.7 Å². The second-order valence-corrected chi connectivity index (χ2v) is 6.97. The third kappa shape index (κ3) is 3.12. The average molecular weight is 347 g/mol. The molecule has 2 aliphatic rings. The van der Waals surface area contributed by atoms with Gasteiger partial charge in [-0.1, -0.05) is 11.2 Å². The number of carbonyl (C=O) groups excluding carboxylic acids is 1. The molecule has 1 fully saturated rings. The van der Waals surface area contributed by atoms with Crippen LogP contribution in [0.5, 0.6) is 0 Å². The molecule has 9 heteroatoms. The quantitative estimate of drug-likeness (QED) is 0.889. The number of hydrogen-bond donors (Lipinski definition) is 1. The van der Waals surface area contributed by atoms with Crippen LogP contribution in [0.2, 0.25) is 0 Å². The molecule has 2 aliphatic heterocycles. The average Bonchev–Trinajstić information content (AvgIpc) is 3.15. The molecule has 126 valence electrons. The van der Waals surface area contributed by atoms with Crippen molar-refractivity contribution < 1.29 is 22.5 Å². The van der Waals surface area contributed by atoms with Gasteiger partial charge in [-0.15, -0.1) is 11.8 Å². The third-order valence-electron chi connectivity index (χ3n) is 4.01. The molecule has 3 heterocycles. The first-order valence-electron chi connectivity index (χ1n) is 7.22. The molecule has 0 radical (unpaired) electrons. The molecule has 2 N–H and O–H groups in total. The molecule has 1 unspecified atom stereocenters. The number of rotatable bonds is 2. The monoisotopic (exact) mass is 347 g/mol. The van der Waals surface area contributed by atoms with Crippen molar-refractivity contribution in [1.82, 2.24) is 10.1 Å². The lowest BCUT2D eigenvalue weighted by atomic mass is 10.2. The highest BCUT2D eigenvalue weighted by Crippen LogP contribution is 2.43. The van der Waals surface area contributed by atoms with Crippen LogP contribution in [0.1, 0.15) is 29.9 Å². The molecule has 3 rings (SSSR count). The normalized spacial score (nSPS) is 25.1. The molecule has 1 aromatic heterocycles. The van der Waals surface area contributed by atoms with E-state index in [-0.39, 0.29) is 28.5 Å². The van der Waals surface area contributed by atoms with E-state index in [2.05, 4.69) is 9.68 Å². The zero-order valence-electron chi connectivity index (χ0n) is 12.4. The van der Waals surface area contributed by atoms with Crippen LogP contribution < -0.4 is 5.73 Å². The van der Waals surface area contributed by atoms with Crippen molar-refractivity contribution in [2.45, 2.75) is 37.2 Å². The van der Waals surface area contributed by atoms with Crippen molar-refractivity contribution in [3.05, 3.63) is 23.1 Å². The number of alkyl halides is 3. The maximum absolute atomic E-state index is 12.8. The van der Waals surface area contributed by atoms with Gasteiger partial charge in [0.1, 0.15) is 5.69 Å². The number of aromatic nitrogens is 1. The minimum Gasteiger partial charge on any atom is -0.351 e. The fraction of sp³-hybridized carbons (Fsp3) is 0.571. The highest BCUT2D eigenvalue weighted by Gasteiger charge is 2.40. The number of likely N-dealkylation sites (tertiary alicyclic amines) is 1. The number of thioether (sulfide) groups is 1. The summed E-state index contributed by atoms with van der Waals surface area (Å²) in [5.74, 6) is -1.11. The van der Waals surface area contributed by atoms with E-state index in [9.17, 15) is 18.0 Å². The van der Waals surface area contributed by atoms with E-state index >= 15 is 0 Å². The van der Waals surface area contributed by atoms with Crippen LogP contribution in [0, 0.1) is 6.92 Å². The standard InChI is InChI=1S/C14H16F3N3O2S/c1-7-11(19-22-12(7)14(15,16)17)9-2-3-10(23-9)13(21)20-5-4-8(18)6-20/h2,8,10H,3-6,18H2,1H3/t8-,10?/m0/s1. The van der Waals surface area contributed by atoms with Crippen molar-refractivity contribution in [2.75, 3.05) is 13.1 Å². The van der Waals surface area contributed by atoms with Crippen LogP contribution in [0.4, 0.5) is 13.2 Å². The highest BCUT2D eigenvalue weighted by molar-refractivity contribution is 8.09. The Morgan fingerprint density at radius 3 is 2.83 bits per heavy atom. The Morgan fingerprint density at radius 1 is 1.52 bits per heavy atom.